The molecule has 1 atom stereocenters. The van der Waals surface area contributed by atoms with Crippen LogP contribution in [0.3, 0.4) is 0 Å². The standard InChI is InChI=1S/C33H27FN2O6/c1-38-23-10-7-20(8-11-23)15-31(37)41-24-12-13-25-29(17-24)42-33(36)26(18-35)32(25)21-9-14-28(30(16-21)39-2)40-19-22-5-3-4-6-27(22)34/h3-14,16-17,32H,15,19,36H2,1-2H3. The highest BCUT2D eigenvalue weighted by molar-refractivity contribution is 5.75. The second kappa shape index (κ2) is 12.4. The zero-order valence-corrected chi connectivity index (χ0v) is 22.9. The van der Waals surface area contributed by atoms with E-state index in [-0.39, 0.29) is 36.1 Å². The number of methoxy groups -OCH3 is 2. The number of allylic oxidation sites excluding steroid dienone is 1. The number of nitriles is 1. The molecule has 0 bridgehead atoms. The summed E-state index contributed by atoms with van der Waals surface area (Å²) in [5, 5.41) is 9.95. The van der Waals surface area contributed by atoms with E-state index in [0.717, 1.165) is 5.56 Å². The lowest BCUT2D eigenvalue weighted by molar-refractivity contribution is -0.133. The lowest BCUT2D eigenvalue weighted by Crippen LogP contribution is -2.21. The van der Waals surface area contributed by atoms with E-state index >= 15 is 0 Å². The molecule has 0 saturated carbocycles. The number of benzene rings is 4. The van der Waals surface area contributed by atoms with Gasteiger partial charge in [0.05, 0.1) is 26.6 Å². The van der Waals surface area contributed by atoms with Crippen LogP contribution in [-0.2, 0) is 17.8 Å². The minimum Gasteiger partial charge on any atom is -0.497 e. The molecule has 5 rings (SSSR count). The van der Waals surface area contributed by atoms with Crippen LogP contribution in [0.2, 0.25) is 0 Å². The number of nitrogens with zero attached hydrogens (tertiary/aromatic N) is 1. The van der Waals surface area contributed by atoms with Gasteiger partial charge in [0.25, 0.3) is 0 Å². The molecular formula is C33H27FN2O6. The third-order valence-electron chi connectivity index (χ3n) is 6.79. The molecule has 212 valence electrons. The van der Waals surface area contributed by atoms with E-state index in [1.54, 1.807) is 86.0 Å². The van der Waals surface area contributed by atoms with Crippen molar-refractivity contribution in [2.24, 2.45) is 5.73 Å². The molecule has 0 aliphatic carbocycles. The lowest BCUT2D eigenvalue weighted by atomic mass is 9.83. The van der Waals surface area contributed by atoms with E-state index in [4.69, 9.17) is 29.4 Å². The first-order chi connectivity index (χ1) is 20.4. The van der Waals surface area contributed by atoms with Gasteiger partial charge in [-0.15, -0.1) is 0 Å². The second-order valence-corrected chi connectivity index (χ2v) is 9.41. The first-order valence-electron chi connectivity index (χ1n) is 13.0. The van der Waals surface area contributed by atoms with E-state index in [9.17, 15) is 14.4 Å². The first kappa shape index (κ1) is 28.1. The van der Waals surface area contributed by atoms with Crippen molar-refractivity contribution in [3.05, 3.63) is 124 Å². The molecule has 0 saturated heterocycles. The van der Waals surface area contributed by atoms with Gasteiger partial charge in [0.2, 0.25) is 5.88 Å². The van der Waals surface area contributed by atoms with E-state index in [0.29, 0.717) is 39.7 Å². The SMILES string of the molecule is COc1ccc(CC(=O)Oc2ccc3c(c2)OC(N)=C(C#N)C3c2ccc(OCc3ccccc3F)c(OC)c2)cc1. The van der Waals surface area contributed by atoms with Gasteiger partial charge in [-0.1, -0.05) is 42.5 Å². The van der Waals surface area contributed by atoms with Crippen molar-refractivity contribution >= 4 is 5.97 Å². The number of halogens is 1. The summed E-state index contributed by atoms with van der Waals surface area (Å²) >= 11 is 0. The molecular weight excluding hydrogens is 539 g/mol. The van der Waals surface area contributed by atoms with Crippen molar-refractivity contribution in [1.82, 2.24) is 0 Å². The Balaban J connectivity index is 1.38. The van der Waals surface area contributed by atoms with Gasteiger partial charge in [-0.3, -0.25) is 4.79 Å². The van der Waals surface area contributed by atoms with Crippen LogP contribution in [0.4, 0.5) is 4.39 Å². The third-order valence-corrected chi connectivity index (χ3v) is 6.79. The molecule has 4 aromatic rings. The molecule has 1 aliphatic heterocycles. The van der Waals surface area contributed by atoms with Crippen LogP contribution in [0.15, 0.2) is 96.4 Å². The number of fused-ring (bicyclic) bond motifs is 1. The Morgan fingerprint density at radius 2 is 1.71 bits per heavy atom. The Hall–Kier alpha value is -5.49. The van der Waals surface area contributed by atoms with Gasteiger partial charge in [0, 0.05) is 17.2 Å². The van der Waals surface area contributed by atoms with E-state index in [1.165, 1.54) is 13.2 Å². The Morgan fingerprint density at radius 3 is 2.43 bits per heavy atom. The maximum Gasteiger partial charge on any atom is 0.315 e. The number of esters is 1. The van der Waals surface area contributed by atoms with Crippen LogP contribution < -0.4 is 29.4 Å². The van der Waals surface area contributed by atoms with Crippen molar-refractivity contribution < 1.29 is 32.9 Å². The Morgan fingerprint density at radius 1 is 0.952 bits per heavy atom. The Kier molecular flexibility index (Phi) is 8.25. The van der Waals surface area contributed by atoms with Gasteiger partial charge in [0.1, 0.15) is 41.3 Å². The molecule has 0 amide bonds. The number of carbonyl (C=O) groups is 1. The third kappa shape index (κ3) is 5.98. The predicted octanol–water partition coefficient (Wildman–Crippen LogP) is 5.79. The van der Waals surface area contributed by atoms with Crippen LogP contribution in [0.1, 0.15) is 28.2 Å². The number of hydrogen-bond donors (Lipinski definition) is 1. The second-order valence-electron chi connectivity index (χ2n) is 9.41. The number of carbonyl (C=O) groups excluding carboxylic acids is 1. The highest BCUT2D eigenvalue weighted by atomic mass is 19.1. The Labute approximate surface area is 242 Å². The summed E-state index contributed by atoms with van der Waals surface area (Å²) < 4.78 is 41.9. The summed E-state index contributed by atoms with van der Waals surface area (Å²) in [5.41, 5.74) is 8.90. The average Bonchev–Trinajstić information content (AvgIpc) is 3.00. The van der Waals surface area contributed by atoms with Gasteiger partial charge < -0.3 is 29.4 Å². The van der Waals surface area contributed by atoms with Crippen LogP contribution in [0.25, 0.3) is 0 Å². The minimum absolute atomic E-state index is 0.0126. The molecule has 0 radical (unpaired) electrons. The summed E-state index contributed by atoms with van der Waals surface area (Å²) in [6, 6.07) is 25.8. The van der Waals surface area contributed by atoms with E-state index < -0.39 is 11.9 Å². The van der Waals surface area contributed by atoms with Crippen molar-refractivity contribution in [2.75, 3.05) is 14.2 Å². The fourth-order valence-corrected chi connectivity index (χ4v) is 4.67. The van der Waals surface area contributed by atoms with Gasteiger partial charge in [-0.2, -0.15) is 5.26 Å². The molecule has 4 aromatic carbocycles. The molecule has 2 N–H and O–H groups in total. The monoisotopic (exact) mass is 566 g/mol. The molecule has 1 aliphatic rings. The predicted molar refractivity (Wildman–Crippen MR) is 152 cm³/mol. The topological polar surface area (TPSA) is 113 Å². The molecule has 42 heavy (non-hydrogen) atoms. The maximum absolute atomic E-state index is 14.1. The normalized spacial score (nSPS) is 13.8. The average molecular weight is 567 g/mol. The van der Waals surface area contributed by atoms with Gasteiger partial charge >= 0.3 is 5.97 Å². The molecule has 0 aromatic heterocycles. The fourth-order valence-electron chi connectivity index (χ4n) is 4.67. The smallest absolute Gasteiger partial charge is 0.315 e. The van der Waals surface area contributed by atoms with Gasteiger partial charge in [0.15, 0.2) is 11.5 Å². The van der Waals surface area contributed by atoms with Crippen molar-refractivity contribution in [3.8, 4) is 34.8 Å². The maximum atomic E-state index is 14.1. The van der Waals surface area contributed by atoms with Gasteiger partial charge in [-0.05, 0) is 47.5 Å². The zero-order chi connectivity index (χ0) is 29.6. The summed E-state index contributed by atoms with van der Waals surface area (Å²) in [4.78, 5) is 12.6. The van der Waals surface area contributed by atoms with Crippen molar-refractivity contribution in [3.63, 3.8) is 0 Å². The quantitative estimate of drug-likeness (QED) is 0.200. The number of rotatable bonds is 9. The number of hydrogen-bond acceptors (Lipinski definition) is 8. The van der Waals surface area contributed by atoms with Crippen LogP contribution in [-0.4, -0.2) is 20.2 Å². The Bertz CT molecular complexity index is 1690. The summed E-state index contributed by atoms with van der Waals surface area (Å²) in [6.07, 6.45) is 0.0658. The van der Waals surface area contributed by atoms with E-state index in [2.05, 4.69) is 6.07 Å². The first-order valence-corrected chi connectivity index (χ1v) is 13.0. The van der Waals surface area contributed by atoms with E-state index in [1.807, 2.05) is 0 Å². The van der Waals surface area contributed by atoms with Crippen LogP contribution >= 0.6 is 0 Å². The largest absolute Gasteiger partial charge is 0.497 e. The summed E-state index contributed by atoms with van der Waals surface area (Å²) in [6.45, 7) is 0.0126. The fraction of sp³-hybridized carbons (Fsp3) is 0.152. The van der Waals surface area contributed by atoms with Crippen LogP contribution in [0, 0.1) is 17.1 Å². The van der Waals surface area contributed by atoms with Gasteiger partial charge in [-0.25, -0.2) is 4.39 Å². The molecule has 0 spiro atoms. The zero-order valence-electron chi connectivity index (χ0n) is 22.9. The highest BCUT2D eigenvalue weighted by Crippen LogP contribution is 2.45. The van der Waals surface area contributed by atoms with Crippen molar-refractivity contribution in [1.29, 1.82) is 5.26 Å². The molecule has 8 nitrogen and oxygen atoms in total. The lowest BCUT2D eigenvalue weighted by Gasteiger charge is -2.27. The minimum atomic E-state index is -0.586. The highest BCUT2D eigenvalue weighted by Gasteiger charge is 2.32. The number of ether oxygens (including phenoxy) is 5. The van der Waals surface area contributed by atoms with Crippen molar-refractivity contribution in [2.45, 2.75) is 18.9 Å². The summed E-state index contributed by atoms with van der Waals surface area (Å²) in [5.74, 6) is 0.662. The summed E-state index contributed by atoms with van der Waals surface area (Å²) in [7, 11) is 3.07. The molecule has 1 unspecified atom stereocenters. The molecule has 9 heteroatoms. The molecule has 0 fully saturated rings. The molecule has 1 heterocycles. The van der Waals surface area contributed by atoms with Crippen LogP contribution in [0.5, 0.6) is 28.7 Å². The number of nitrogens with two attached hydrogens (primary N) is 1.